The third kappa shape index (κ3) is 6.94. The molecule has 0 saturated heterocycles. The number of rotatable bonds is 10. The lowest BCUT2D eigenvalue weighted by Crippen LogP contribution is -2.48. The summed E-state index contributed by atoms with van der Waals surface area (Å²) in [6.45, 7) is 0.270. The number of nitrogens with zero attached hydrogens (tertiary/aromatic N) is 3. The second-order valence-electron chi connectivity index (χ2n) is 11.1. The van der Waals surface area contributed by atoms with E-state index in [9.17, 15) is 14.4 Å². The molecule has 2 aromatic heterocycles. The summed E-state index contributed by atoms with van der Waals surface area (Å²) in [6.07, 6.45) is 1.51. The van der Waals surface area contributed by atoms with Gasteiger partial charge < -0.3 is 15.2 Å². The van der Waals surface area contributed by atoms with Crippen molar-refractivity contribution in [2.75, 3.05) is 5.32 Å². The molecule has 0 fully saturated rings. The van der Waals surface area contributed by atoms with E-state index in [-0.39, 0.29) is 29.0 Å². The van der Waals surface area contributed by atoms with Gasteiger partial charge in [-0.15, -0.1) is 0 Å². The van der Waals surface area contributed by atoms with E-state index in [1.807, 2.05) is 91.0 Å². The van der Waals surface area contributed by atoms with Crippen LogP contribution in [0, 0.1) is 5.82 Å². The SMILES string of the molecule is Cn1nccc1C(=O)NC(C(=O)Nc1ccc(-c2cccc(=O)n2Cc2ccccc2)c(F)c1)C(c1ccccc1)c1ccccc1. The van der Waals surface area contributed by atoms with Gasteiger partial charge in [0.2, 0.25) is 5.91 Å². The molecule has 1 unspecified atom stereocenters. The summed E-state index contributed by atoms with van der Waals surface area (Å²) < 4.78 is 18.8. The van der Waals surface area contributed by atoms with Crippen LogP contribution in [0.3, 0.4) is 0 Å². The molecule has 0 spiro atoms. The lowest BCUT2D eigenvalue weighted by atomic mass is 9.84. The predicted molar refractivity (Wildman–Crippen MR) is 179 cm³/mol. The van der Waals surface area contributed by atoms with Gasteiger partial charge in [0.25, 0.3) is 11.5 Å². The molecule has 2 amide bonds. The summed E-state index contributed by atoms with van der Waals surface area (Å²) in [5.74, 6) is -2.21. The average molecular weight is 626 g/mol. The highest BCUT2D eigenvalue weighted by Crippen LogP contribution is 2.30. The number of halogens is 1. The van der Waals surface area contributed by atoms with Gasteiger partial charge in [0.15, 0.2) is 0 Å². The number of hydrogen-bond acceptors (Lipinski definition) is 4. The van der Waals surface area contributed by atoms with Crippen molar-refractivity contribution in [2.45, 2.75) is 18.5 Å². The van der Waals surface area contributed by atoms with Gasteiger partial charge in [-0.1, -0.05) is 97.1 Å². The molecule has 8 nitrogen and oxygen atoms in total. The fourth-order valence-electron chi connectivity index (χ4n) is 5.72. The van der Waals surface area contributed by atoms with Gasteiger partial charge in [0.1, 0.15) is 17.6 Å². The van der Waals surface area contributed by atoms with Crippen LogP contribution in [0.4, 0.5) is 10.1 Å². The quantitative estimate of drug-likeness (QED) is 0.195. The molecule has 0 radical (unpaired) electrons. The van der Waals surface area contributed by atoms with Crippen LogP contribution in [0.25, 0.3) is 11.3 Å². The van der Waals surface area contributed by atoms with Crippen molar-refractivity contribution in [3.8, 4) is 11.3 Å². The highest BCUT2D eigenvalue weighted by molar-refractivity contribution is 6.01. The number of anilines is 1. The first-order valence-corrected chi connectivity index (χ1v) is 15.1. The van der Waals surface area contributed by atoms with Crippen molar-refractivity contribution in [3.63, 3.8) is 0 Å². The minimum absolute atomic E-state index is 0.198. The molecule has 47 heavy (non-hydrogen) atoms. The lowest BCUT2D eigenvalue weighted by molar-refractivity contribution is -0.118. The van der Waals surface area contributed by atoms with Crippen LogP contribution in [0.1, 0.15) is 33.1 Å². The van der Waals surface area contributed by atoms with Crippen LogP contribution in [0.2, 0.25) is 0 Å². The van der Waals surface area contributed by atoms with Crippen LogP contribution < -0.4 is 16.2 Å². The van der Waals surface area contributed by atoms with Crippen LogP contribution in [-0.2, 0) is 18.4 Å². The molecule has 6 rings (SSSR count). The highest BCUT2D eigenvalue weighted by Gasteiger charge is 2.33. The average Bonchev–Trinajstić information content (AvgIpc) is 3.53. The summed E-state index contributed by atoms with van der Waals surface area (Å²) in [5, 5.41) is 9.84. The fraction of sp³-hybridized carbons (Fsp3) is 0.105. The van der Waals surface area contributed by atoms with E-state index in [1.54, 1.807) is 31.3 Å². The highest BCUT2D eigenvalue weighted by atomic mass is 19.1. The number of pyridine rings is 1. The topological polar surface area (TPSA) is 98.0 Å². The third-order valence-electron chi connectivity index (χ3n) is 8.02. The summed E-state index contributed by atoms with van der Waals surface area (Å²) in [5.41, 5.74) is 3.36. The van der Waals surface area contributed by atoms with Crippen LogP contribution in [-0.4, -0.2) is 32.2 Å². The smallest absolute Gasteiger partial charge is 0.270 e. The minimum Gasteiger partial charge on any atom is -0.338 e. The van der Waals surface area contributed by atoms with Crippen LogP contribution in [0.5, 0.6) is 0 Å². The molecule has 9 heteroatoms. The molecular formula is C38H32FN5O3. The number of aryl methyl sites for hydroxylation is 1. The third-order valence-corrected chi connectivity index (χ3v) is 8.02. The lowest BCUT2D eigenvalue weighted by Gasteiger charge is -2.28. The van der Waals surface area contributed by atoms with Crippen molar-refractivity contribution < 1.29 is 14.0 Å². The Bertz CT molecular complexity index is 2020. The monoisotopic (exact) mass is 625 g/mol. The minimum atomic E-state index is -1.09. The number of nitrogens with one attached hydrogen (secondary N) is 2. The first-order chi connectivity index (χ1) is 22.9. The van der Waals surface area contributed by atoms with Crippen molar-refractivity contribution >= 4 is 17.5 Å². The van der Waals surface area contributed by atoms with E-state index < -0.39 is 29.6 Å². The molecule has 0 bridgehead atoms. The molecule has 4 aromatic carbocycles. The van der Waals surface area contributed by atoms with Gasteiger partial charge in [-0.3, -0.25) is 19.1 Å². The van der Waals surface area contributed by atoms with E-state index in [2.05, 4.69) is 15.7 Å². The molecule has 0 aliphatic rings. The zero-order valence-corrected chi connectivity index (χ0v) is 25.6. The van der Waals surface area contributed by atoms with E-state index >= 15 is 4.39 Å². The zero-order valence-electron chi connectivity index (χ0n) is 25.6. The molecule has 6 aromatic rings. The van der Waals surface area contributed by atoms with E-state index in [1.165, 1.54) is 33.6 Å². The molecule has 2 heterocycles. The Morgan fingerprint density at radius 1 is 0.787 bits per heavy atom. The first-order valence-electron chi connectivity index (χ1n) is 15.1. The number of aromatic nitrogens is 3. The maximum atomic E-state index is 15.8. The summed E-state index contributed by atoms with van der Waals surface area (Å²) in [4.78, 5) is 40.5. The Morgan fingerprint density at radius 3 is 2.02 bits per heavy atom. The summed E-state index contributed by atoms with van der Waals surface area (Å²) in [7, 11) is 1.65. The summed E-state index contributed by atoms with van der Waals surface area (Å²) in [6, 6.07) is 37.9. The number of carbonyl (C=O) groups excluding carboxylic acids is 2. The maximum absolute atomic E-state index is 15.8. The van der Waals surface area contributed by atoms with Gasteiger partial charge in [0, 0.05) is 36.5 Å². The number of benzene rings is 4. The predicted octanol–water partition coefficient (Wildman–Crippen LogP) is 6.01. The van der Waals surface area contributed by atoms with Gasteiger partial charge in [-0.2, -0.15) is 5.10 Å². The van der Waals surface area contributed by atoms with Crippen molar-refractivity contribution in [1.82, 2.24) is 19.7 Å². The van der Waals surface area contributed by atoms with E-state index in [4.69, 9.17) is 0 Å². The van der Waals surface area contributed by atoms with Gasteiger partial charge in [0.05, 0.1) is 12.2 Å². The zero-order chi connectivity index (χ0) is 32.8. The molecule has 0 aliphatic heterocycles. The largest absolute Gasteiger partial charge is 0.338 e. The normalized spacial score (nSPS) is 11.6. The molecule has 2 N–H and O–H groups in total. The second-order valence-corrected chi connectivity index (χ2v) is 11.1. The van der Waals surface area contributed by atoms with Crippen molar-refractivity contribution in [1.29, 1.82) is 0 Å². The van der Waals surface area contributed by atoms with E-state index in [0.717, 1.165) is 16.7 Å². The Hall–Kier alpha value is -6.09. The molecule has 234 valence electrons. The molecule has 1 atom stereocenters. The first kappa shape index (κ1) is 30.9. The Labute approximate surface area is 271 Å². The molecular weight excluding hydrogens is 593 g/mol. The Balaban J connectivity index is 1.34. The van der Waals surface area contributed by atoms with Crippen LogP contribution in [0.15, 0.2) is 144 Å². The number of carbonyl (C=O) groups is 2. The molecule has 0 aliphatic carbocycles. The number of hydrogen-bond donors (Lipinski definition) is 2. The Morgan fingerprint density at radius 2 is 1.43 bits per heavy atom. The van der Waals surface area contributed by atoms with Gasteiger partial charge in [-0.05, 0) is 47.0 Å². The Kier molecular flexibility index (Phi) is 9.15. The molecule has 0 saturated carbocycles. The maximum Gasteiger partial charge on any atom is 0.270 e. The van der Waals surface area contributed by atoms with E-state index in [0.29, 0.717) is 5.69 Å². The summed E-state index contributed by atoms with van der Waals surface area (Å²) >= 11 is 0. The second kappa shape index (κ2) is 13.9. The van der Waals surface area contributed by atoms with Crippen LogP contribution >= 0.6 is 0 Å². The standard InChI is InChI=1S/C38H32FN5O3/c1-43-33(22-23-40-43)37(46)42-36(35(27-14-7-3-8-15-27)28-16-9-4-10-17-28)38(47)41-29-20-21-30(31(39)24-29)32-18-11-19-34(45)44(32)25-26-12-5-2-6-13-26/h2-24,35-36H,25H2,1H3,(H,41,47)(H,42,46). The van der Waals surface area contributed by atoms with Crippen molar-refractivity contribution in [3.05, 3.63) is 178 Å². The van der Waals surface area contributed by atoms with Gasteiger partial charge in [-0.25, -0.2) is 4.39 Å². The van der Waals surface area contributed by atoms with Crippen molar-refractivity contribution in [2.24, 2.45) is 7.05 Å². The fourth-order valence-corrected chi connectivity index (χ4v) is 5.72. The van der Waals surface area contributed by atoms with Gasteiger partial charge >= 0.3 is 0 Å². The number of amides is 2.